The first-order valence-electron chi connectivity index (χ1n) is 12.7. The van der Waals surface area contributed by atoms with Crippen molar-refractivity contribution in [1.82, 2.24) is 14.0 Å². The Kier molecular flexibility index (Phi) is 8.04. The van der Waals surface area contributed by atoms with Crippen molar-refractivity contribution < 1.29 is 19.3 Å². The molecular formula is C29H32ClN3O5. The summed E-state index contributed by atoms with van der Waals surface area (Å²) in [5.74, 6) is 1.36. The molecule has 1 aromatic heterocycles. The molecule has 0 saturated carbocycles. The Bertz CT molecular complexity index is 1430. The normalized spacial score (nSPS) is 18.4. The number of hydrogen-bond donors (Lipinski definition) is 1. The monoisotopic (exact) mass is 537 g/mol. The molecule has 5 rings (SSSR count). The van der Waals surface area contributed by atoms with E-state index in [0.29, 0.717) is 50.2 Å². The first kappa shape index (κ1) is 26.3. The summed E-state index contributed by atoms with van der Waals surface area (Å²) in [6.45, 7) is 3.49. The number of aromatic nitrogens is 2. The summed E-state index contributed by atoms with van der Waals surface area (Å²) in [5, 5.41) is 11.8. The molecule has 9 heteroatoms. The lowest BCUT2D eigenvalue weighted by molar-refractivity contribution is -0.0646. The standard InChI is InChI=1S/C29H32ClN3O5/c1-31-26-7-2-3-8-27(26)33(28(31)34)14-16-37-24-11-9-22(10-12-24)18-32-13-15-36-20-29(35,19-32)21-38-25-6-4-5-23(30)17-25/h2-12,17,35H,13-16,18-21H2,1H3/t29-/m0/s1. The summed E-state index contributed by atoms with van der Waals surface area (Å²) >= 11 is 6.04. The highest BCUT2D eigenvalue weighted by Gasteiger charge is 2.33. The van der Waals surface area contributed by atoms with E-state index in [2.05, 4.69) is 4.90 Å². The van der Waals surface area contributed by atoms with Crippen LogP contribution in [-0.2, 0) is 24.9 Å². The van der Waals surface area contributed by atoms with Crippen molar-refractivity contribution in [1.29, 1.82) is 0 Å². The molecule has 38 heavy (non-hydrogen) atoms. The van der Waals surface area contributed by atoms with Crippen LogP contribution in [-0.4, -0.2) is 64.3 Å². The lowest BCUT2D eigenvalue weighted by Crippen LogP contribution is -2.48. The zero-order valence-electron chi connectivity index (χ0n) is 21.4. The quantitative estimate of drug-likeness (QED) is 0.351. The van der Waals surface area contributed by atoms with Crippen molar-refractivity contribution >= 4 is 22.6 Å². The molecule has 1 N–H and O–H groups in total. The number of nitrogens with zero attached hydrogens (tertiary/aromatic N) is 3. The Balaban J connectivity index is 1.15. The molecule has 0 aliphatic carbocycles. The topological polar surface area (TPSA) is 78.1 Å². The number of rotatable bonds is 9. The molecule has 4 aromatic rings. The van der Waals surface area contributed by atoms with Crippen LogP contribution in [0.5, 0.6) is 11.5 Å². The fourth-order valence-corrected chi connectivity index (χ4v) is 4.96. The van der Waals surface area contributed by atoms with Crippen LogP contribution in [0.3, 0.4) is 0 Å². The number of imidazole rings is 1. The molecule has 0 amide bonds. The Morgan fingerprint density at radius 1 is 1.00 bits per heavy atom. The largest absolute Gasteiger partial charge is 0.492 e. The third-order valence-corrected chi connectivity index (χ3v) is 6.94. The van der Waals surface area contributed by atoms with Crippen LogP contribution in [0.1, 0.15) is 5.56 Å². The van der Waals surface area contributed by atoms with Gasteiger partial charge in [0.2, 0.25) is 0 Å². The second-order valence-corrected chi connectivity index (χ2v) is 10.1. The number of halogens is 1. The number of aliphatic hydroxyl groups is 1. The molecule has 0 radical (unpaired) electrons. The SMILES string of the molecule is Cn1c(=O)n(CCOc2ccc(CN3CCOC[C@](O)(COc4cccc(Cl)c4)C3)cc2)c2ccccc21. The van der Waals surface area contributed by atoms with Gasteiger partial charge in [-0.25, -0.2) is 4.79 Å². The minimum Gasteiger partial charge on any atom is -0.492 e. The summed E-state index contributed by atoms with van der Waals surface area (Å²) in [6.07, 6.45) is 0. The Labute approximate surface area is 226 Å². The molecule has 0 bridgehead atoms. The Morgan fingerprint density at radius 3 is 2.58 bits per heavy atom. The summed E-state index contributed by atoms with van der Waals surface area (Å²) in [4.78, 5) is 14.8. The van der Waals surface area contributed by atoms with Gasteiger partial charge >= 0.3 is 5.69 Å². The maximum atomic E-state index is 12.6. The second kappa shape index (κ2) is 11.6. The third kappa shape index (κ3) is 6.22. The highest BCUT2D eigenvalue weighted by Crippen LogP contribution is 2.22. The summed E-state index contributed by atoms with van der Waals surface area (Å²) in [6, 6.07) is 22.8. The molecule has 0 unspecified atom stereocenters. The van der Waals surface area contributed by atoms with Gasteiger partial charge in [0.25, 0.3) is 0 Å². The Hall–Kier alpha value is -3.30. The van der Waals surface area contributed by atoms with Crippen molar-refractivity contribution in [2.75, 3.05) is 39.5 Å². The zero-order chi connectivity index (χ0) is 26.5. The van der Waals surface area contributed by atoms with Crippen LogP contribution >= 0.6 is 11.6 Å². The van der Waals surface area contributed by atoms with Crippen LogP contribution in [0.15, 0.2) is 77.6 Å². The molecule has 1 saturated heterocycles. The minimum absolute atomic E-state index is 0.0514. The van der Waals surface area contributed by atoms with Crippen LogP contribution in [0.4, 0.5) is 0 Å². The fourth-order valence-electron chi connectivity index (χ4n) is 4.78. The lowest BCUT2D eigenvalue weighted by Gasteiger charge is -2.30. The van der Waals surface area contributed by atoms with E-state index in [1.165, 1.54) is 0 Å². The molecule has 1 fully saturated rings. The van der Waals surface area contributed by atoms with Gasteiger partial charge in [-0.3, -0.25) is 14.0 Å². The van der Waals surface area contributed by atoms with Crippen LogP contribution in [0.25, 0.3) is 11.0 Å². The van der Waals surface area contributed by atoms with E-state index < -0.39 is 5.60 Å². The summed E-state index contributed by atoms with van der Waals surface area (Å²) in [7, 11) is 1.78. The molecule has 1 aliphatic rings. The van der Waals surface area contributed by atoms with E-state index in [4.69, 9.17) is 25.8 Å². The highest BCUT2D eigenvalue weighted by atomic mass is 35.5. The maximum absolute atomic E-state index is 12.6. The number of para-hydroxylation sites is 2. The number of ether oxygens (including phenoxy) is 3. The molecule has 3 aromatic carbocycles. The van der Waals surface area contributed by atoms with E-state index in [-0.39, 0.29) is 18.9 Å². The van der Waals surface area contributed by atoms with Gasteiger partial charge in [0.15, 0.2) is 0 Å². The van der Waals surface area contributed by atoms with Gasteiger partial charge in [-0.1, -0.05) is 41.9 Å². The molecule has 0 spiro atoms. The maximum Gasteiger partial charge on any atom is 0.328 e. The molecule has 8 nitrogen and oxygen atoms in total. The van der Waals surface area contributed by atoms with Crippen LogP contribution < -0.4 is 15.2 Å². The molecule has 2 heterocycles. The van der Waals surface area contributed by atoms with Crippen molar-refractivity contribution in [2.24, 2.45) is 7.05 Å². The van der Waals surface area contributed by atoms with E-state index in [1.807, 2.05) is 60.7 Å². The lowest BCUT2D eigenvalue weighted by atomic mass is 10.1. The smallest absolute Gasteiger partial charge is 0.328 e. The predicted molar refractivity (Wildman–Crippen MR) is 147 cm³/mol. The van der Waals surface area contributed by atoms with Crippen molar-refractivity contribution in [3.8, 4) is 11.5 Å². The summed E-state index contributed by atoms with van der Waals surface area (Å²) in [5.41, 5.74) is 1.72. The van der Waals surface area contributed by atoms with Gasteiger partial charge in [-0.05, 0) is 48.0 Å². The molecule has 200 valence electrons. The fraction of sp³-hybridized carbons (Fsp3) is 0.345. The Morgan fingerprint density at radius 2 is 1.79 bits per heavy atom. The van der Waals surface area contributed by atoms with Crippen LogP contribution in [0.2, 0.25) is 5.02 Å². The van der Waals surface area contributed by atoms with Gasteiger partial charge in [0.1, 0.15) is 30.3 Å². The van der Waals surface area contributed by atoms with Crippen molar-refractivity contribution in [2.45, 2.75) is 18.7 Å². The van der Waals surface area contributed by atoms with E-state index in [9.17, 15) is 9.90 Å². The number of benzene rings is 3. The highest BCUT2D eigenvalue weighted by molar-refractivity contribution is 6.30. The first-order chi connectivity index (χ1) is 18.4. The predicted octanol–water partition coefficient (Wildman–Crippen LogP) is 3.71. The van der Waals surface area contributed by atoms with Crippen LogP contribution in [0, 0.1) is 0 Å². The van der Waals surface area contributed by atoms with E-state index in [0.717, 1.165) is 22.3 Å². The molecule has 1 aliphatic heterocycles. The average Bonchev–Trinajstić information content (AvgIpc) is 3.03. The summed E-state index contributed by atoms with van der Waals surface area (Å²) < 4.78 is 20.8. The zero-order valence-corrected chi connectivity index (χ0v) is 22.1. The average molecular weight is 538 g/mol. The first-order valence-corrected chi connectivity index (χ1v) is 13.0. The third-order valence-electron chi connectivity index (χ3n) is 6.71. The molecule has 1 atom stereocenters. The van der Waals surface area contributed by atoms with Crippen molar-refractivity contribution in [3.63, 3.8) is 0 Å². The van der Waals surface area contributed by atoms with E-state index >= 15 is 0 Å². The van der Waals surface area contributed by atoms with Gasteiger partial charge in [0, 0.05) is 31.7 Å². The number of β-amino-alcohol motifs (C(OH)–C–C–N with tert-alkyl or cyclic N) is 1. The van der Waals surface area contributed by atoms with Gasteiger partial charge < -0.3 is 19.3 Å². The number of hydrogen-bond acceptors (Lipinski definition) is 6. The second-order valence-electron chi connectivity index (χ2n) is 9.71. The number of aryl methyl sites for hydroxylation is 1. The van der Waals surface area contributed by atoms with Gasteiger partial charge in [-0.2, -0.15) is 0 Å². The molecular weight excluding hydrogens is 506 g/mol. The van der Waals surface area contributed by atoms with E-state index in [1.54, 1.807) is 28.3 Å². The van der Waals surface area contributed by atoms with Gasteiger partial charge in [-0.15, -0.1) is 0 Å². The van der Waals surface area contributed by atoms with Gasteiger partial charge in [0.05, 0.1) is 30.8 Å². The minimum atomic E-state index is -1.14. The number of fused-ring (bicyclic) bond motifs is 1. The van der Waals surface area contributed by atoms with Crippen molar-refractivity contribution in [3.05, 3.63) is 93.9 Å².